The molecular weight excluding hydrogens is 643 g/mol. The third-order valence-corrected chi connectivity index (χ3v) is 13.1. The highest BCUT2D eigenvalue weighted by Crippen LogP contribution is 2.47. The van der Waals surface area contributed by atoms with E-state index in [1.807, 2.05) is 0 Å². The van der Waals surface area contributed by atoms with Crippen molar-refractivity contribution >= 4 is 7.26 Å². The molecule has 0 saturated heterocycles. The molecule has 0 spiro atoms. The van der Waals surface area contributed by atoms with Crippen LogP contribution in [0.15, 0.2) is 0 Å². The second-order valence-electron chi connectivity index (χ2n) is 17.9. The third kappa shape index (κ3) is 50.8. The van der Waals surface area contributed by atoms with E-state index in [0.29, 0.717) is 0 Å². The average molecular weight is 744 g/mol. The van der Waals surface area contributed by atoms with E-state index < -0.39 is 7.26 Å². The summed E-state index contributed by atoms with van der Waals surface area (Å²) in [6.45, 7) is 9.77. The second kappa shape index (κ2) is 45.9. The van der Waals surface area contributed by atoms with Crippen LogP contribution in [-0.4, -0.2) is 26.2 Å². The highest BCUT2D eigenvalue weighted by Gasteiger charge is 2.15. The van der Waals surface area contributed by atoms with E-state index >= 15 is 0 Å². The van der Waals surface area contributed by atoms with Crippen LogP contribution in [0.4, 0.5) is 0 Å². The topological polar surface area (TPSA) is 0 Å². The monoisotopic (exact) mass is 743 g/mol. The summed E-state index contributed by atoms with van der Waals surface area (Å²) in [6.07, 6.45) is 65.6. The molecule has 0 radical (unpaired) electrons. The molecule has 2 heteroatoms. The highest BCUT2D eigenvalue weighted by atomic mass is 35.5. The Morgan fingerprint density at radius 1 is 0.200 bits per heavy atom. The number of hydrogen-bond donors (Lipinski definition) is 0. The molecule has 0 aliphatic heterocycles. The van der Waals surface area contributed by atoms with Gasteiger partial charge in [-0.2, -0.15) is 0 Å². The summed E-state index contributed by atoms with van der Waals surface area (Å²) in [4.78, 5) is 0. The van der Waals surface area contributed by atoms with Gasteiger partial charge in [0.25, 0.3) is 0 Å². The summed E-state index contributed by atoms with van der Waals surface area (Å²) in [6, 6.07) is 0. The van der Waals surface area contributed by atoms with Gasteiger partial charge in [0, 0.05) is 27.3 Å². The van der Waals surface area contributed by atoms with Crippen LogP contribution < -0.4 is 12.4 Å². The molecule has 0 aromatic rings. The van der Waals surface area contributed by atoms with Crippen LogP contribution >= 0.6 is 7.26 Å². The van der Waals surface area contributed by atoms with E-state index in [0.717, 1.165) is 0 Å². The maximum absolute atomic E-state index is 2.49. The number of halogens is 1. The molecule has 0 atom stereocenters. The van der Waals surface area contributed by atoms with E-state index in [1.165, 1.54) is 282 Å². The van der Waals surface area contributed by atoms with Crippen molar-refractivity contribution in [2.45, 2.75) is 283 Å². The summed E-state index contributed by atoms with van der Waals surface area (Å²) in [7, 11) is -0.523. The standard InChI is InChI=1S/C48H100P.ClH/c1-5-6-7-8-9-10-11-12-13-14-15-16-17-18-19-20-21-22-23-24-25-26-27-28-29-30-31-32-33-34-35-36-37-38-39-40-41-42-43-44-45-46-47-48-49(2,3)4;/h5-48H2,1-4H3;1H/q+1;/p-1. The van der Waals surface area contributed by atoms with Gasteiger partial charge in [-0.1, -0.05) is 270 Å². The lowest BCUT2D eigenvalue weighted by Gasteiger charge is -2.10. The molecule has 0 N–H and O–H groups in total. The largest absolute Gasteiger partial charge is 1.00 e. The molecule has 0 bridgehead atoms. The zero-order valence-corrected chi connectivity index (χ0v) is 37.6. The van der Waals surface area contributed by atoms with Gasteiger partial charge < -0.3 is 12.4 Å². The van der Waals surface area contributed by atoms with Crippen molar-refractivity contribution in [3.8, 4) is 0 Å². The van der Waals surface area contributed by atoms with Crippen molar-refractivity contribution in [3.05, 3.63) is 0 Å². The molecule has 0 rings (SSSR count). The Morgan fingerprint density at radius 2 is 0.320 bits per heavy atom. The zero-order chi connectivity index (χ0) is 35.6. The van der Waals surface area contributed by atoms with Crippen LogP contribution in [0.2, 0.25) is 0 Å². The Morgan fingerprint density at radius 3 is 0.440 bits per heavy atom. The highest BCUT2D eigenvalue weighted by molar-refractivity contribution is 7.73. The number of rotatable bonds is 44. The lowest BCUT2D eigenvalue weighted by atomic mass is 10.0. The summed E-state index contributed by atoms with van der Waals surface area (Å²) in [5.41, 5.74) is 0. The fourth-order valence-corrected chi connectivity index (χ4v) is 9.08. The van der Waals surface area contributed by atoms with E-state index in [2.05, 4.69) is 26.9 Å². The molecule has 0 heterocycles. The number of unbranched alkanes of at least 4 members (excludes halogenated alkanes) is 42. The Bertz CT molecular complexity index is 569. The van der Waals surface area contributed by atoms with Gasteiger partial charge in [0.2, 0.25) is 0 Å². The Hall–Kier alpha value is 0.720. The molecule has 0 amide bonds. The van der Waals surface area contributed by atoms with Gasteiger partial charge in [-0.15, -0.1) is 0 Å². The Kier molecular flexibility index (Phi) is 48.5. The molecule has 0 saturated carbocycles. The minimum Gasteiger partial charge on any atom is -1.00 e. The van der Waals surface area contributed by atoms with Crippen molar-refractivity contribution < 1.29 is 12.4 Å². The third-order valence-electron chi connectivity index (χ3n) is 11.4. The summed E-state index contributed by atoms with van der Waals surface area (Å²) < 4.78 is 0. The van der Waals surface area contributed by atoms with Gasteiger partial charge >= 0.3 is 0 Å². The molecule has 0 fully saturated rings. The molecule has 0 aromatic heterocycles. The first-order valence-corrected chi connectivity index (χ1v) is 27.2. The van der Waals surface area contributed by atoms with Gasteiger partial charge in [0.15, 0.2) is 0 Å². The van der Waals surface area contributed by atoms with Crippen LogP contribution in [0.5, 0.6) is 0 Å². The molecule has 0 aliphatic carbocycles. The first-order chi connectivity index (χ1) is 24.1. The molecule has 0 nitrogen and oxygen atoms in total. The Balaban J connectivity index is 0. The molecule has 0 aliphatic rings. The van der Waals surface area contributed by atoms with Gasteiger partial charge in [-0.3, -0.25) is 0 Å². The summed E-state index contributed by atoms with van der Waals surface area (Å²) in [5, 5.41) is 0. The minimum absolute atomic E-state index is 0. The lowest BCUT2D eigenvalue weighted by molar-refractivity contribution is -0.0000111. The van der Waals surface area contributed by atoms with E-state index in [4.69, 9.17) is 0 Å². The number of hydrogen-bond acceptors (Lipinski definition) is 0. The van der Waals surface area contributed by atoms with Gasteiger partial charge in [0.05, 0.1) is 6.16 Å². The normalized spacial score (nSPS) is 11.8. The van der Waals surface area contributed by atoms with E-state index in [-0.39, 0.29) is 12.4 Å². The van der Waals surface area contributed by atoms with Crippen LogP contribution in [0.25, 0.3) is 0 Å². The first kappa shape index (κ1) is 52.8. The van der Waals surface area contributed by atoms with Crippen LogP contribution in [-0.2, 0) is 0 Å². The van der Waals surface area contributed by atoms with Crippen molar-refractivity contribution in [2.75, 3.05) is 26.2 Å². The van der Waals surface area contributed by atoms with Gasteiger partial charge in [-0.05, 0) is 12.8 Å². The van der Waals surface area contributed by atoms with Crippen LogP contribution in [0, 0.1) is 0 Å². The predicted molar refractivity (Wildman–Crippen MR) is 234 cm³/mol. The van der Waals surface area contributed by atoms with Crippen molar-refractivity contribution in [1.82, 2.24) is 0 Å². The van der Waals surface area contributed by atoms with Crippen LogP contribution in [0.3, 0.4) is 0 Å². The SMILES string of the molecule is CCCCCCCCCCCCCCCCCCCCCCCCCCCCCCCCCCCCCCCCCCCCC[P+](C)(C)C.[Cl-]. The summed E-state index contributed by atoms with van der Waals surface area (Å²) >= 11 is 0. The maximum Gasteiger partial charge on any atom is 0.0586 e. The molecule has 50 heavy (non-hydrogen) atoms. The summed E-state index contributed by atoms with van der Waals surface area (Å²) in [5.74, 6) is 0. The van der Waals surface area contributed by atoms with Crippen molar-refractivity contribution in [3.63, 3.8) is 0 Å². The van der Waals surface area contributed by atoms with Gasteiger partial charge in [0.1, 0.15) is 0 Å². The smallest absolute Gasteiger partial charge is 0.0586 e. The molecule has 304 valence electrons. The quantitative estimate of drug-likeness (QED) is 0.0431. The van der Waals surface area contributed by atoms with Gasteiger partial charge in [-0.25, -0.2) is 0 Å². The predicted octanol–water partition coefficient (Wildman–Crippen LogP) is 15.7. The van der Waals surface area contributed by atoms with Crippen molar-refractivity contribution in [1.29, 1.82) is 0 Å². The fraction of sp³-hybridized carbons (Fsp3) is 1.00. The zero-order valence-electron chi connectivity index (χ0n) is 35.9. The lowest BCUT2D eigenvalue weighted by Crippen LogP contribution is -3.00. The van der Waals surface area contributed by atoms with Crippen LogP contribution in [0.1, 0.15) is 283 Å². The first-order valence-electron chi connectivity index (χ1n) is 23.9. The fourth-order valence-electron chi connectivity index (χ4n) is 7.91. The molecule has 0 unspecified atom stereocenters. The van der Waals surface area contributed by atoms with Crippen molar-refractivity contribution in [2.24, 2.45) is 0 Å². The van der Waals surface area contributed by atoms with E-state index in [1.54, 1.807) is 0 Å². The average Bonchev–Trinajstić information content (AvgIpc) is 3.08. The minimum atomic E-state index is -0.523. The van der Waals surface area contributed by atoms with E-state index in [9.17, 15) is 0 Å². The maximum atomic E-state index is 2.49. The molecular formula is C48H100ClP. The Labute approximate surface area is 327 Å². The molecule has 0 aromatic carbocycles. The second-order valence-corrected chi connectivity index (χ2v) is 22.9.